The van der Waals surface area contributed by atoms with Gasteiger partial charge in [-0.25, -0.2) is 14.7 Å². The van der Waals surface area contributed by atoms with Gasteiger partial charge in [0, 0.05) is 24.5 Å². The molecule has 1 aliphatic carbocycles. The van der Waals surface area contributed by atoms with Crippen molar-refractivity contribution in [2.45, 2.75) is 19.3 Å². The van der Waals surface area contributed by atoms with Gasteiger partial charge in [-0.2, -0.15) is 5.26 Å². The fourth-order valence-corrected chi connectivity index (χ4v) is 2.35. The summed E-state index contributed by atoms with van der Waals surface area (Å²) in [5, 5.41) is 10.8. The Balaban J connectivity index is 1.96. The number of alkyl halides is 1. The van der Waals surface area contributed by atoms with Gasteiger partial charge in [-0.05, 0) is 30.9 Å². The number of nitrogens with zero attached hydrogens (tertiary/aromatic N) is 5. The molecular weight excluding hydrogens is 297 g/mol. The van der Waals surface area contributed by atoms with Crippen LogP contribution in [-0.4, -0.2) is 33.8 Å². The minimum Gasteiger partial charge on any atom is -0.273 e. The molecule has 0 saturated heterocycles. The number of pyridine rings is 1. The number of amides is 1. The molecule has 0 aromatic carbocycles. The molecule has 23 heavy (non-hydrogen) atoms. The van der Waals surface area contributed by atoms with E-state index in [-0.39, 0.29) is 18.2 Å². The number of hydrogen-bond donors (Lipinski definition) is 0. The summed E-state index contributed by atoms with van der Waals surface area (Å²) in [4.78, 5) is 20.5. The highest BCUT2D eigenvalue weighted by molar-refractivity contribution is 5.86. The summed E-state index contributed by atoms with van der Waals surface area (Å²) >= 11 is 0. The van der Waals surface area contributed by atoms with Crippen LogP contribution in [0.25, 0.3) is 11.3 Å². The summed E-state index contributed by atoms with van der Waals surface area (Å²) in [6, 6.07) is 5.60. The SMILES string of the molecule is N#Cc1nc(-c2cccnc2)cn1N(CC1CC1)C(=O)CCF. The van der Waals surface area contributed by atoms with Gasteiger partial charge >= 0.3 is 0 Å². The molecule has 7 heteroatoms. The van der Waals surface area contributed by atoms with E-state index in [1.54, 1.807) is 24.7 Å². The van der Waals surface area contributed by atoms with Gasteiger partial charge in [-0.15, -0.1) is 0 Å². The highest BCUT2D eigenvalue weighted by Gasteiger charge is 2.29. The molecular formula is C16H16FN5O. The molecule has 0 aliphatic heterocycles. The van der Waals surface area contributed by atoms with E-state index < -0.39 is 6.67 Å². The first-order valence-corrected chi connectivity index (χ1v) is 7.49. The van der Waals surface area contributed by atoms with Crippen LogP contribution in [0.5, 0.6) is 0 Å². The van der Waals surface area contributed by atoms with Gasteiger partial charge in [0.05, 0.1) is 25.0 Å². The predicted molar refractivity (Wildman–Crippen MR) is 81.6 cm³/mol. The van der Waals surface area contributed by atoms with Crippen molar-refractivity contribution in [1.82, 2.24) is 14.6 Å². The Morgan fingerprint density at radius 3 is 2.96 bits per heavy atom. The molecule has 0 spiro atoms. The number of carbonyl (C=O) groups excluding carboxylic acids is 1. The van der Waals surface area contributed by atoms with Crippen molar-refractivity contribution in [3.05, 3.63) is 36.5 Å². The van der Waals surface area contributed by atoms with Crippen molar-refractivity contribution in [2.24, 2.45) is 5.92 Å². The monoisotopic (exact) mass is 313 g/mol. The zero-order chi connectivity index (χ0) is 16.2. The van der Waals surface area contributed by atoms with Crippen LogP contribution in [0.3, 0.4) is 0 Å². The molecule has 0 N–H and O–H groups in total. The minimum absolute atomic E-state index is 0.108. The number of aromatic nitrogens is 3. The Hall–Kier alpha value is -2.75. The zero-order valence-corrected chi connectivity index (χ0v) is 12.5. The first-order chi connectivity index (χ1) is 11.2. The average molecular weight is 313 g/mol. The van der Waals surface area contributed by atoms with Crippen molar-refractivity contribution >= 4 is 5.91 Å². The summed E-state index contributed by atoms with van der Waals surface area (Å²) < 4.78 is 14.0. The fraction of sp³-hybridized carbons (Fsp3) is 0.375. The van der Waals surface area contributed by atoms with E-state index in [0.29, 0.717) is 18.2 Å². The Labute approximate surface area is 133 Å². The van der Waals surface area contributed by atoms with Gasteiger partial charge in [-0.1, -0.05) is 0 Å². The van der Waals surface area contributed by atoms with Crippen molar-refractivity contribution in [3.63, 3.8) is 0 Å². The topological polar surface area (TPSA) is 74.8 Å². The van der Waals surface area contributed by atoms with Crippen LogP contribution in [0.2, 0.25) is 0 Å². The van der Waals surface area contributed by atoms with E-state index in [4.69, 9.17) is 0 Å². The van der Waals surface area contributed by atoms with Gasteiger partial charge in [0.2, 0.25) is 11.7 Å². The van der Waals surface area contributed by atoms with E-state index in [9.17, 15) is 14.4 Å². The standard InChI is InChI=1S/C16H16FN5O/c17-6-5-16(23)22(10-12-3-4-12)21-11-14(20-15(21)8-18)13-2-1-7-19-9-13/h1-2,7,9,11-12H,3-6,10H2. The Morgan fingerprint density at radius 1 is 1.52 bits per heavy atom. The molecule has 1 saturated carbocycles. The lowest BCUT2D eigenvalue weighted by atomic mass is 10.2. The fourth-order valence-electron chi connectivity index (χ4n) is 2.35. The van der Waals surface area contributed by atoms with E-state index in [2.05, 4.69) is 9.97 Å². The van der Waals surface area contributed by atoms with Crippen LogP contribution < -0.4 is 5.01 Å². The van der Waals surface area contributed by atoms with E-state index in [1.165, 1.54) is 9.69 Å². The molecule has 2 aromatic heterocycles. The summed E-state index contributed by atoms with van der Waals surface area (Å²) in [6.45, 7) is -0.234. The van der Waals surface area contributed by atoms with Crippen molar-refractivity contribution in [2.75, 3.05) is 18.2 Å². The smallest absolute Gasteiger partial charge is 0.244 e. The molecule has 3 rings (SSSR count). The molecule has 0 radical (unpaired) electrons. The number of nitriles is 1. The zero-order valence-electron chi connectivity index (χ0n) is 12.5. The van der Waals surface area contributed by atoms with Crippen molar-refractivity contribution in [1.29, 1.82) is 5.26 Å². The highest BCUT2D eigenvalue weighted by Crippen LogP contribution is 2.30. The number of halogens is 1. The summed E-state index contributed by atoms with van der Waals surface area (Å²) in [6.07, 6.45) is 6.82. The van der Waals surface area contributed by atoms with Gasteiger partial charge in [0.25, 0.3) is 0 Å². The van der Waals surface area contributed by atoms with Crippen LogP contribution in [-0.2, 0) is 4.79 Å². The summed E-state index contributed by atoms with van der Waals surface area (Å²) in [7, 11) is 0. The van der Waals surface area contributed by atoms with E-state index in [1.807, 2.05) is 12.1 Å². The molecule has 0 atom stereocenters. The number of imidazole rings is 1. The third-order valence-electron chi connectivity index (χ3n) is 3.73. The third-order valence-corrected chi connectivity index (χ3v) is 3.73. The Morgan fingerprint density at radius 2 is 2.35 bits per heavy atom. The second kappa shape index (κ2) is 6.57. The van der Waals surface area contributed by atoms with Crippen LogP contribution in [0.1, 0.15) is 25.1 Å². The predicted octanol–water partition coefficient (Wildman–Crippen LogP) is 2.05. The van der Waals surface area contributed by atoms with Crippen molar-refractivity contribution < 1.29 is 9.18 Å². The lowest BCUT2D eigenvalue weighted by Gasteiger charge is -2.23. The molecule has 1 fully saturated rings. The van der Waals surface area contributed by atoms with Crippen molar-refractivity contribution in [3.8, 4) is 17.3 Å². The molecule has 1 aliphatic rings. The average Bonchev–Trinajstić information content (AvgIpc) is 3.30. The third kappa shape index (κ3) is 3.37. The maximum Gasteiger partial charge on any atom is 0.244 e. The lowest BCUT2D eigenvalue weighted by Crippen LogP contribution is -2.42. The molecule has 6 nitrogen and oxygen atoms in total. The van der Waals surface area contributed by atoms with Gasteiger partial charge in [-0.3, -0.25) is 14.2 Å². The van der Waals surface area contributed by atoms with Gasteiger partial charge in [0.15, 0.2) is 0 Å². The molecule has 2 aromatic rings. The van der Waals surface area contributed by atoms with E-state index in [0.717, 1.165) is 18.4 Å². The highest BCUT2D eigenvalue weighted by atomic mass is 19.1. The first kappa shape index (κ1) is 15.2. The molecule has 0 bridgehead atoms. The van der Waals surface area contributed by atoms with Crippen LogP contribution >= 0.6 is 0 Å². The summed E-state index contributed by atoms with van der Waals surface area (Å²) in [5.74, 6) is 0.178. The molecule has 118 valence electrons. The quantitative estimate of drug-likeness (QED) is 0.818. The minimum atomic E-state index is -0.716. The number of rotatable bonds is 6. The largest absolute Gasteiger partial charge is 0.273 e. The number of carbonyl (C=O) groups is 1. The maximum absolute atomic E-state index is 12.6. The van der Waals surface area contributed by atoms with Crippen LogP contribution in [0, 0.1) is 17.2 Å². The normalized spacial score (nSPS) is 13.6. The first-order valence-electron chi connectivity index (χ1n) is 7.49. The second-order valence-corrected chi connectivity index (χ2v) is 5.51. The Bertz CT molecular complexity index is 733. The molecule has 0 unspecified atom stereocenters. The lowest BCUT2D eigenvalue weighted by molar-refractivity contribution is -0.120. The molecule has 1 amide bonds. The van der Waals surface area contributed by atoms with Crippen LogP contribution in [0.4, 0.5) is 4.39 Å². The maximum atomic E-state index is 12.6. The van der Waals surface area contributed by atoms with E-state index >= 15 is 0 Å². The van der Waals surface area contributed by atoms with Gasteiger partial charge < -0.3 is 0 Å². The summed E-state index contributed by atoms with van der Waals surface area (Å²) in [5.41, 5.74) is 1.32. The van der Waals surface area contributed by atoms with Crippen LogP contribution in [0.15, 0.2) is 30.7 Å². The second-order valence-electron chi connectivity index (χ2n) is 5.51. The Kier molecular flexibility index (Phi) is 4.33. The van der Waals surface area contributed by atoms with Gasteiger partial charge in [0.1, 0.15) is 6.07 Å². The number of hydrogen-bond acceptors (Lipinski definition) is 4. The molecule has 2 heterocycles.